The number of amides is 1. The fourth-order valence-corrected chi connectivity index (χ4v) is 2.99. The van der Waals surface area contributed by atoms with Crippen molar-refractivity contribution in [2.45, 2.75) is 20.0 Å². The summed E-state index contributed by atoms with van der Waals surface area (Å²) in [5.74, 6) is -0.00866. The molecule has 134 valence electrons. The highest BCUT2D eigenvalue weighted by Crippen LogP contribution is 2.34. The van der Waals surface area contributed by atoms with Gasteiger partial charge >= 0.3 is 0 Å². The van der Waals surface area contributed by atoms with E-state index in [-0.39, 0.29) is 11.7 Å². The fraction of sp³-hybridized carbons (Fsp3) is 0.200. The highest BCUT2D eigenvalue weighted by atomic mass is 35.5. The molecule has 2 aromatic carbocycles. The minimum absolute atomic E-state index is 0.174. The van der Waals surface area contributed by atoms with Gasteiger partial charge < -0.3 is 10.1 Å². The van der Waals surface area contributed by atoms with Gasteiger partial charge in [-0.25, -0.2) is 4.39 Å². The number of carbonyl (C=O) groups is 1. The molecule has 3 rings (SSSR count). The second-order valence-corrected chi connectivity index (χ2v) is 6.22. The van der Waals surface area contributed by atoms with Gasteiger partial charge in [0, 0.05) is 29.8 Å². The Labute approximate surface area is 156 Å². The van der Waals surface area contributed by atoms with Crippen LogP contribution in [0.15, 0.2) is 48.7 Å². The molecule has 1 N–H and O–H groups in total. The largest absolute Gasteiger partial charge is 0.481 e. The number of ether oxygens (including phenoxy) is 1. The summed E-state index contributed by atoms with van der Waals surface area (Å²) >= 11 is 6.20. The van der Waals surface area contributed by atoms with Crippen LogP contribution in [0, 0.1) is 5.82 Å². The zero-order valence-corrected chi connectivity index (χ0v) is 15.2. The normalized spacial score (nSPS) is 12.0. The molecule has 1 heterocycles. The SMILES string of the molecule is CCNC(=O)C(C)Oc1ccc2c(-c3ccc(F)cc3Cl)ccnc2c1. The minimum Gasteiger partial charge on any atom is -0.481 e. The van der Waals surface area contributed by atoms with Gasteiger partial charge in [-0.15, -0.1) is 0 Å². The van der Waals surface area contributed by atoms with Crippen LogP contribution in [0.5, 0.6) is 5.75 Å². The average Bonchev–Trinajstić information content (AvgIpc) is 2.61. The van der Waals surface area contributed by atoms with Crippen molar-refractivity contribution in [1.29, 1.82) is 0 Å². The highest BCUT2D eigenvalue weighted by molar-refractivity contribution is 6.33. The van der Waals surface area contributed by atoms with Crippen LogP contribution >= 0.6 is 11.6 Å². The van der Waals surface area contributed by atoms with Crippen molar-refractivity contribution < 1.29 is 13.9 Å². The Balaban J connectivity index is 1.96. The summed E-state index contributed by atoms with van der Waals surface area (Å²) in [7, 11) is 0. The van der Waals surface area contributed by atoms with E-state index in [0.29, 0.717) is 22.8 Å². The maximum atomic E-state index is 13.3. The van der Waals surface area contributed by atoms with Gasteiger partial charge in [-0.1, -0.05) is 11.6 Å². The predicted octanol–water partition coefficient (Wildman–Crippen LogP) is 4.60. The monoisotopic (exact) mass is 372 g/mol. The summed E-state index contributed by atoms with van der Waals surface area (Å²) in [4.78, 5) is 16.2. The number of nitrogens with one attached hydrogen (secondary N) is 1. The van der Waals surface area contributed by atoms with Gasteiger partial charge in [0.1, 0.15) is 11.6 Å². The maximum absolute atomic E-state index is 13.3. The second kappa shape index (κ2) is 7.70. The number of aromatic nitrogens is 1. The van der Waals surface area contributed by atoms with Crippen molar-refractivity contribution in [2.75, 3.05) is 6.54 Å². The number of halogens is 2. The molecule has 0 aliphatic rings. The van der Waals surface area contributed by atoms with Crippen LogP contribution < -0.4 is 10.1 Å². The molecule has 1 amide bonds. The number of hydrogen-bond donors (Lipinski definition) is 1. The minimum atomic E-state index is -0.609. The maximum Gasteiger partial charge on any atom is 0.260 e. The van der Waals surface area contributed by atoms with Crippen LogP contribution in [0.4, 0.5) is 4.39 Å². The predicted molar refractivity (Wildman–Crippen MR) is 101 cm³/mol. The Hall–Kier alpha value is -2.66. The molecule has 4 nitrogen and oxygen atoms in total. The smallest absolute Gasteiger partial charge is 0.260 e. The van der Waals surface area contributed by atoms with Crippen molar-refractivity contribution in [1.82, 2.24) is 10.3 Å². The van der Waals surface area contributed by atoms with Crippen molar-refractivity contribution in [2.24, 2.45) is 0 Å². The van der Waals surface area contributed by atoms with E-state index in [9.17, 15) is 9.18 Å². The quantitative estimate of drug-likeness (QED) is 0.712. The molecule has 1 atom stereocenters. The highest BCUT2D eigenvalue weighted by Gasteiger charge is 2.15. The van der Waals surface area contributed by atoms with Gasteiger partial charge in [0.25, 0.3) is 5.91 Å². The number of pyridine rings is 1. The molecule has 0 aliphatic carbocycles. The first-order chi connectivity index (χ1) is 12.5. The lowest BCUT2D eigenvalue weighted by Gasteiger charge is -2.15. The third kappa shape index (κ3) is 3.78. The molecule has 0 saturated heterocycles. The van der Waals surface area contributed by atoms with E-state index >= 15 is 0 Å². The Bertz CT molecular complexity index is 962. The molecule has 1 unspecified atom stereocenters. The van der Waals surface area contributed by atoms with Crippen molar-refractivity contribution in [3.8, 4) is 16.9 Å². The lowest BCUT2D eigenvalue weighted by Crippen LogP contribution is -2.36. The summed E-state index contributed by atoms with van der Waals surface area (Å²) < 4.78 is 19.0. The van der Waals surface area contributed by atoms with Crippen LogP contribution in [0.2, 0.25) is 5.02 Å². The summed E-state index contributed by atoms with van der Waals surface area (Å²) in [5, 5.41) is 3.92. The third-order valence-electron chi connectivity index (χ3n) is 3.97. The lowest BCUT2D eigenvalue weighted by molar-refractivity contribution is -0.127. The number of carbonyl (C=O) groups excluding carboxylic acids is 1. The van der Waals surface area contributed by atoms with E-state index < -0.39 is 6.10 Å². The number of nitrogens with zero attached hydrogens (tertiary/aromatic N) is 1. The fourth-order valence-electron chi connectivity index (χ4n) is 2.72. The Kier molecular flexibility index (Phi) is 5.38. The third-order valence-corrected chi connectivity index (χ3v) is 4.28. The summed E-state index contributed by atoms with van der Waals surface area (Å²) in [6.07, 6.45) is 1.05. The molecule has 0 fully saturated rings. The van der Waals surface area contributed by atoms with Crippen LogP contribution in [0.3, 0.4) is 0 Å². The average molecular weight is 373 g/mol. The zero-order valence-electron chi connectivity index (χ0n) is 14.4. The first-order valence-corrected chi connectivity index (χ1v) is 8.66. The molecule has 26 heavy (non-hydrogen) atoms. The van der Waals surface area contributed by atoms with E-state index in [1.807, 2.05) is 19.1 Å². The summed E-state index contributed by atoms with van der Waals surface area (Å²) in [6.45, 7) is 4.09. The number of hydrogen-bond acceptors (Lipinski definition) is 3. The van der Waals surface area contributed by atoms with Crippen LogP contribution in [-0.2, 0) is 4.79 Å². The first-order valence-electron chi connectivity index (χ1n) is 8.28. The number of likely N-dealkylation sites (N-methyl/N-ethyl adjacent to an activating group) is 1. The molecule has 0 bridgehead atoms. The molecule has 0 spiro atoms. The van der Waals surface area contributed by atoms with Crippen LogP contribution in [0.25, 0.3) is 22.0 Å². The summed E-state index contributed by atoms with van der Waals surface area (Å²) in [6, 6.07) is 11.5. The molecular weight excluding hydrogens is 355 g/mol. The van der Waals surface area contributed by atoms with Crippen molar-refractivity contribution in [3.63, 3.8) is 0 Å². The van der Waals surface area contributed by atoms with Crippen LogP contribution in [0.1, 0.15) is 13.8 Å². The molecule has 1 aromatic heterocycles. The number of fused-ring (bicyclic) bond motifs is 1. The molecular formula is C20H18ClFN2O2. The van der Waals surface area contributed by atoms with Gasteiger partial charge in [0.15, 0.2) is 6.10 Å². The van der Waals surface area contributed by atoms with Gasteiger partial charge in [-0.3, -0.25) is 9.78 Å². The van der Waals surface area contributed by atoms with Gasteiger partial charge in [-0.2, -0.15) is 0 Å². The van der Waals surface area contributed by atoms with Gasteiger partial charge in [0.05, 0.1) is 10.5 Å². The van der Waals surface area contributed by atoms with Gasteiger partial charge in [-0.05, 0) is 55.8 Å². The van der Waals surface area contributed by atoms with E-state index in [2.05, 4.69) is 10.3 Å². The standard InChI is InChI=1S/C20H18ClFN2O2/c1-3-23-20(25)12(2)26-14-5-7-17-15(8-9-24-19(17)11-14)16-6-4-13(22)10-18(16)21/h4-12H,3H2,1-2H3,(H,23,25). The number of benzene rings is 2. The molecule has 6 heteroatoms. The zero-order chi connectivity index (χ0) is 18.7. The Morgan fingerprint density at radius 1 is 1.23 bits per heavy atom. The Morgan fingerprint density at radius 2 is 2.04 bits per heavy atom. The van der Waals surface area contributed by atoms with E-state index in [0.717, 1.165) is 16.5 Å². The first kappa shape index (κ1) is 18.1. The van der Waals surface area contributed by atoms with Gasteiger partial charge in [0.2, 0.25) is 0 Å². The van der Waals surface area contributed by atoms with Crippen LogP contribution in [-0.4, -0.2) is 23.5 Å². The van der Waals surface area contributed by atoms with E-state index in [4.69, 9.17) is 16.3 Å². The van der Waals surface area contributed by atoms with Crippen molar-refractivity contribution >= 4 is 28.4 Å². The topological polar surface area (TPSA) is 51.2 Å². The lowest BCUT2D eigenvalue weighted by atomic mass is 10.0. The second-order valence-electron chi connectivity index (χ2n) is 5.82. The van der Waals surface area contributed by atoms with Crippen molar-refractivity contribution in [3.05, 3.63) is 59.5 Å². The van der Waals surface area contributed by atoms with E-state index in [1.165, 1.54) is 12.1 Å². The Morgan fingerprint density at radius 3 is 2.77 bits per heavy atom. The number of rotatable bonds is 5. The molecule has 0 aliphatic heterocycles. The molecule has 0 saturated carbocycles. The summed E-state index contributed by atoms with van der Waals surface area (Å²) in [5.41, 5.74) is 2.27. The van der Waals surface area contributed by atoms with E-state index in [1.54, 1.807) is 31.3 Å². The molecule has 0 radical (unpaired) electrons. The molecule has 3 aromatic rings.